The van der Waals surface area contributed by atoms with Crippen LogP contribution in [-0.4, -0.2) is 14.4 Å². The van der Waals surface area contributed by atoms with Crippen molar-refractivity contribution in [2.75, 3.05) is 0 Å². The number of benzene rings is 1. The summed E-state index contributed by atoms with van der Waals surface area (Å²) in [4.78, 5) is 8.77. The van der Waals surface area contributed by atoms with Crippen molar-refractivity contribution < 1.29 is 0 Å². The lowest BCUT2D eigenvalue weighted by atomic mass is 10.1. The van der Waals surface area contributed by atoms with Gasteiger partial charge >= 0.3 is 0 Å². The number of rotatable bonds is 0. The highest BCUT2D eigenvalue weighted by molar-refractivity contribution is 6.02. The summed E-state index contributed by atoms with van der Waals surface area (Å²) in [5.41, 5.74) is 2.02. The normalized spacial score (nSPS) is 11.5. The van der Waals surface area contributed by atoms with Gasteiger partial charge in [-0.1, -0.05) is 6.07 Å². The van der Waals surface area contributed by atoms with Crippen molar-refractivity contribution in [1.29, 1.82) is 0 Å². The van der Waals surface area contributed by atoms with Crippen LogP contribution in [0.25, 0.3) is 27.3 Å². The van der Waals surface area contributed by atoms with Crippen molar-refractivity contribution in [3.63, 3.8) is 0 Å². The van der Waals surface area contributed by atoms with E-state index in [0.717, 1.165) is 21.9 Å². The monoisotopic (exact) mass is 219 g/mol. The highest BCUT2D eigenvalue weighted by Gasteiger charge is 2.03. The van der Waals surface area contributed by atoms with Crippen LogP contribution in [0, 0.1) is 0 Å². The second-order valence-electron chi connectivity index (χ2n) is 4.11. The fourth-order valence-corrected chi connectivity index (χ4v) is 2.27. The molecule has 0 aliphatic rings. The van der Waals surface area contributed by atoms with Crippen molar-refractivity contribution >= 4 is 27.3 Å². The van der Waals surface area contributed by atoms with Gasteiger partial charge in [0.15, 0.2) is 0 Å². The van der Waals surface area contributed by atoms with E-state index in [-0.39, 0.29) is 0 Å². The van der Waals surface area contributed by atoms with Gasteiger partial charge in [0, 0.05) is 35.6 Å². The van der Waals surface area contributed by atoms with Gasteiger partial charge in [0.2, 0.25) is 0 Å². The van der Waals surface area contributed by atoms with E-state index in [9.17, 15) is 0 Å². The van der Waals surface area contributed by atoms with Crippen LogP contribution in [0.2, 0.25) is 0 Å². The number of pyridine rings is 2. The lowest BCUT2D eigenvalue weighted by Gasteiger charge is -2.03. The molecular formula is C14H9N3. The molecule has 3 heterocycles. The maximum absolute atomic E-state index is 4.40. The maximum Gasteiger partial charge on any atom is 0.144 e. The first-order chi connectivity index (χ1) is 8.42. The number of hydrogen-bond donors (Lipinski definition) is 0. The van der Waals surface area contributed by atoms with Gasteiger partial charge in [0.25, 0.3) is 0 Å². The zero-order valence-corrected chi connectivity index (χ0v) is 9.04. The van der Waals surface area contributed by atoms with Crippen LogP contribution in [0.4, 0.5) is 0 Å². The molecule has 0 saturated heterocycles. The van der Waals surface area contributed by atoms with E-state index in [1.165, 1.54) is 5.39 Å². The average molecular weight is 219 g/mol. The predicted octanol–water partition coefficient (Wildman–Crippen LogP) is 3.04. The van der Waals surface area contributed by atoms with Gasteiger partial charge < -0.3 is 4.40 Å². The third-order valence-electron chi connectivity index (χ3n) is 3.10. The molecular weight excluding hydrogens is 210 g/mol. The quantitative estimate of drug-likeness (QED) is 0.425. The molecule has 0 saturated carbocycles. The molecule has 4 rings (SSSR count). The molecule has 0 atom stereocenters. The van der Waals surface area contributed by atoms with E-state index in [1.54, 1.807) is 0 Å². The molecule has 0 unspecified atom stereocenters. The Hall–Kier alpha value is -2.42. The summed E-state index contributed by atoms with van der Waals surface area (Å²) in [5, 5.41) is 3.49. The summed E-state index contributed by atoms with van der Waals surface area (Å²) in [6.45, 7) is 0. The molecule has 1 aromatic carbocycles. The van der Waals surface area contributed by atoms with Gasteiger partial charge in [0.05, 0.1) is 5.52 Å². The van der Waals surface area contributed by atoms with Crippen molar-refractivity contribution in [3.05, 3.63) is 55.1 Å². The van der Waals surface area contributed by atoms with Gasteiger partial charge in [-0.15, -0.1) is 0 Å². The van der Waals surface area contributed by atoms with Crippen LogP contribution < -0.4 is 0 Å². The van der Waals surface area contributed by atoms with Gasteiger partial charge in [-0.2, -0.15) is 0 Å². The Morgan fingerprint density at radius 1 is 0.882 bits per heavy atom. The highest BCUT2D eigenvalue weighted by atomic mass is 15.0. The first-order valence-corrected chi connectivity index (χ1v) is 5.52. The van der Waals surface area contributed by atoms with Crippen LogP contribution in [-0.2, 0) is 0 Å². The Balaban J connectivity index is 2.29. The van der Waals surface area contributed by atoms with Crippen molar-refractivity contribution in [2.45, 2.75) is 0 Å². The third kappa shape index (κ3) is 1.16. The maximum atomic E-state index is 4.40. The van der Waals surface area contributed by atoms with E-state index in [2.05, 4.69) is 34.2 Å². The molecule has 0 aliphatic carbocycles. The lowest BCUT2D eigenvalue weighted by Crippen LogP contribution is -1.86. The Morgan fingerprint density at radius 2 is 1.88 bits per heavy atom. The molecule has 0 spiro atoms. The predicted molar refractivity (Wildman–Crippen MR) is 68.0 cm³/mol. The summed E-state index contributed by atoms with van der Waals surface area (Å²) in [7, 11) is 0. The van der Waals surface area contributed by atoms with Gasteiger partial charge in [0.1, 0.15) is 5.65 Å². The molecule has 3 heteroatoms. The van der Waals surface area contributed by atoms with Crippen molar-refractivity contribution in [3.8, 4) is 0 Å². The molecule has 3 nitrogen and oxygen atoms in total. The zero-order chi connectivity index (χ0) is 11.2. The SMILES string of the molecule is c1cnc2cc3ccn4ccnc4c3cc2c1. The summed E-state index contributed by atoms with van der Waals surface area (Å²) >= 11 is 0. The molecule has 0 amide bonds. The first kappa shape index (κ1) is 8.70. The van der Waals surface area contributed by atoms with Crippen molar-refractivity contribution in [1.82, 2.24) is 14.4 Å². The minimum absolute atomic E-state index is 0.994. The standard InChI is InChI=1S/C14H9N3/c1-2-11-8-12-10(9-13(11)15-4-1)3-6-17-7-5-16-14(12)17/h1-9H. The molecule has 0 bridgehead atoms. The summed E-state index contributed by atoms with van der Waals surface area (Å²) in [6, 6.07) is 10.4. The van der Waals surface area contributed by atoms with Crippen LogP contribution in [0.3, 0.4) is 0 Å². The Bertz CT molecular complexity index is 846. The van der Waals surface area contributed by atoms with E-state index in [0.29, 0.717) is 0 Å². The highest BCUT2D eigenvalue weighted by Crippen LogP contribution is 2.24. The number of fused-ring (bicyclic) bond motifs is 4. The Labute approximate surface area is 97.4 Å². The molecule has 4 aromatic rings. The summed E-state index contributed by atoms with van der Waals surface area (Å²) in [5.74, 6) is 0. The average Bonchev–Trinajstić information content (AvgIpc) is 2.85. The van der Waals surface area contributed by atoms with Gasteiger partial charge in [-0.05, 0) is 29.7 Å². The van der Waals surface area contributed by atoms with Gasteiger partial charge in [-0.25, -0.2) is 4.98 Å². The smallest absolute Gasteiger partial charge is 0.144 e. The van der Waals surface area contributed by atoms with Crippen LogP contribution in [0.1, 0.15) is 0 Å². The largest absolute Gasteiger partial charge is 0.307 e. The molecule has 0 radical (unpaired) electrons. The lowest BCUT2D eigenvalue weighted by molar-refractivity contribution is 1.20. The Morgan fingerprint density at radius 3 is 2.88 bits per heavy atom. The number of aromatic nitrogens is 3. The number of hydrogen-bond acceptors (Lipinski definition) is 2. The number of nitrogens with zero attached hydrogens (tertiary/aromatic N) is 3. The molecule has 0 aliphatic heterocycles. The number of imidazole rings is 1. The van der Waals surface area contributed by atoms with E-state index in [4.69, 9.17) is 0 Å². The molecule has 0 fully saturated rings. The zero-order valence-electron chi connectivity index (χ0n) is 9.04. The summed E-state index contributed by atoms with van der Waals surface area (Å²) in [6.07, 6.45) is 7.63. The molecule has 3 aromatic heterocycles. The fraction of sp³-hybridized carbons (Fsp3) is 0. The molecule has 17 heavy (non-hydrogen) atoms. The van der Waals surface area contributed by atoms with E-state index in [1.807, 2.05) is 35.3 Å². The summed E-state index contributed by atoms with van der Waals surface area (Å²) < 4.78 is 2.03. The van der Waals surface area contributed by atoms with E-state index >= 15 is 0 Å². The molecule has 0 N–H and O–H groups in total. The minimum atomic E-state index is 0.994. The van der Waals surface area contributed by atoms with Crippen LogP contribution in [0.15, 0.2) is 55.1 Å². The van der Waals surface area contributed by atoms with Crippen LogP contribution in [0.5, 0.6) is 0 Å². The van der Waals surface area contributed by atoms with Crippen molar-refractivity contribution in [2.24, 2.45) is 0 Å². The van der Waals surface area contributed by atoms with Crippen LogP contribution >= 0.6 is 0 Å². The van der Waals surface area contributed by atoms with Gasteiger partial charge in [-0.3, -0.25) is 4.98 Å². The minimum Gasteiger partial charge on any atom is -0.307 e. The fourth-order valence-electron chi connectivity index (χ4n) is 2.27. The third-order valence-corrected chi connectivity index (χ3v) is 3.10. The molecule has 80 valence electrons. The second-order valence-corrected chi connectivity index (χ2v) is 4.11. The Kier molecular flexibility index (Phi) is 1.56. The topological polar surface area (TPSA) is 30.2 Å². The second kappa shape index (κ2) is 3.04. The van der Waals surface area contributed by atoms with E-state index < -0.39 is 0 Å². The first-order valence-electron chi connectivity index (χ1n) is 5.52.